The summed E-state index contributed by atoms with van der Waals surface area (Å²) in [6.45, 7) is 0.00917. The molecule has 1 heterocycles. The molecule has 0 atom stereocenters. The maximum absolute atomic E-state index is 12.1. The Morgan fingerprint density at radius 2 is 2.25 bits per heavy atom. The summed E-state index contributed by atoms with van der Waals surface area (Å²) < 4.78 is 1.57. The predicted octanol–water partition coefficient (Wildman–Crippen LogP) is 0.0889. The summed E-state index contributed by atoms with van der Waals surface area (Å²) in [5.74, 6) is 5.58. The Balaban J connectivity index is 2.09. The van der Waals surface area contributed by atoms with Gasteiger partial charge in [-0.1, -0.05) is 24.0 Å². The van der Waals surface area contributed by atoms with Gasteiger partial charge >= 0.3 is 0 Å². The van der Waals surface area contributed by atoms with Gasteiger partial charge in [0, 0.05) is 12.6 Å². The van der Waals surface area contributed by atoms with Crippen LogP contribution in [-0.4, -0.2) is 32.4 Å². The molecule has 1 aromatic carbocycles. The Morgan fingerprint density at radius 1 is 1.45 bits per heavy atom. The van der Waals surface area contributed by atoms with E-state index in [1.165, 1.54) is 0 Å². The molecule has 0 saturated carbocycles. The van der Waals surface area contributed by atoms with Crippen LogP contribution in [0, 0.1) is 11.8 Å². The molecule has 20 heavy (non-hydrogen) atoms. The van der Waals surface area contributed by atoms with Crippen LogP contribution in [0.25, 0.3) is 0 Å². The number of carbonyl (C=O) groups is 1. The van der Waals surface area contributed by atoms with Gasteiger partial charge in [-0.05, 0) is 12.1 Å². The van der Waals surface area contributed by atoms with Crippen molar-refractivity contribution in [1.82, 2.24) is 20.1 Å². The minimum absolute atomic E-state index is 0.242. The summed E-state index contributed by atoms with van der Waals surface area (Å²) in [5, 5.41) is 15.5. The van der Waals surface area contributed by atoms with Crippen LogP contribution in [0.3, 0.4) is 0 Å². The minimum Gasteiger partial charge on any atom is -0.384 e. The van der Waals surface area contributed by atoms with Crippen molar-refractivity contribution in [1.29, 1.82) is 0 Å². The molecule has 0 radical (unpaired) electrons. The van der Waals surface area contributed by atoms with Crippen LogP contribution < -0.4 is 5.32 Å². The van der Waals surface area contributed by atoms with Crippen molar-refractivity contribution in [3.8, 4) is 11.8 Å². The zero-order valence-electron chi connectivity index (χ0n) is 11.0. The summed E-state index contributed by atoms with van der Waals surface area (Å²) in [6.07, 6.45) is 1.57. The first kappa shape index (κ1) is 13.8. The van der Waals surface area contributed by atoms with E-state index >= 15 is 0 Å². The lowest BCUT2D eigenvalue weighted by Crippen LogP contribution is -2.24. The molecule has 102 valence electrons. The van der Waals surface area contributed by atoms with Gasteiger partial charge in [0.1, 0.15) is 12.9 Å². The fourth-order valence-corrected chi connectivity index (χ4v) is 1.64. The molecular formula is C14H14N4O2. The average molecular weight is 270 g/mol. The average Bonchev–Trinajstić information content (AvgIpc) is 2.88. The van der Waals surface area contributed by atoms with Gasteiger partial charge in [0.15, 0.2) is 5.82 Å². The zero-order chi connectivity index (χ0) is 14.4. The highest BCUT2D eigenvalue weighted by atomic mass is 16.2. The second kappa shape index (κ2) is 6.50. The van der Waals surface area contributed by atoms with Crippen LogP contribution in [0.5, 0.6) is 0 Å². The Bertz CT molecular complexity index is 667. The van der Waals surface area contributed by atoms with Crippen LogP contribution in [0.2, 0.25) is 0 Å². The number of hydrogen-bond acceptors (Lipinski definition) is 4. The van der Waals surface area contributed by atoms with Gasteiger partial charge in [-0.25, -0.2) is 4.98 Å². The Hall–Kier alpha value is -2.65. The molecule has 0 spiro atoms. The van der Waals surface area contributed by atoms with Crippen LogP contribution in [0.4, 0.5) is 0 Å². The van der Waals surface area contributed by atoms with Crippen molar-refractivity contribution >= 4 is 5.91 Å². The zero-order valence-corrected chi connectivity index (χ0v) is 11.0. The summed E-state index contributed by atoms with van der Waals surface area (Å²) in [6, 6.07) is 6.97. The van der Waals surface area contributed by atoms with Crippen molar-refractivity contribution in [2.75, 3.05) is 6.61 Å². The first-order chi connectivity index (χ1) is 9.70. The fourth-order valence-electron chi connectivity index (χ4n) is 1.64. The van der Waals surface area contributed by atoms with Gasteiger partial charge in [0.05, 0.1) is 12.1 Å². The van der Waals surface area contributed by atoms with Gasteiger partial charge in [0.2, 0.25) is 0 Å². The van der Waals surface area contributed by atoms with Crippen molar-refractivity contribution < 1.29 is 9.90 Å². The minimum atomic E-state index is -0.250. The fraction of sp³-hybridized carbons (Fsp3) is 0.214. The molecule has 0 aliphatic rings. The number of amides is 1. The Morgan fingerprint density at radius 3 is 2.95 bits per heavy atom. The molecule has 0 saturated heterocycles. The molecule has 2 N–H and O–H groups in total. The van der Waals surface area contributed by atoms with Crippen LogP contribution >= 0.6 is 0 Å². The monoisotopic (exact) mass is 270 g/mol. The molecule has 6 heteroatoms. The molecule has 1 aromatic heterocycles. The van der Waals surface area contributed by atoms with E-state index in [4.69, 9.17) is 5.11 Å². The number of carbonyl (C=O) groups excluding carboxylic acids is 1. The number of aromatic nitrogens is 3. The van der Waals surface area contributed by atoms with E-state index in [0.29, 0.717) is 17.0 Å². The van der Waals surface area contributed by atoms with Gasteiger partial charge in [0.25, 0.3) is 5.91 Å². The Labute approximate surface area is 116 Å². The second-order valence-electron chi connectivity index (χ2n) is 4.02. The largest absolute Gasteiger partial charge is 0.384 e. The number of aliphatic hydroxyl groups is 1. The molecule has 0 aliphatic heterocycles. The third-order valence-corrected chi connectivity index (χ3v) is 2.53. The van der Waals surface area contributed by atoms with E-state index in [-0.39, 0.29) is 19.1 Å². The van der Waals surface area contributed by atoms with E-state index in [1.54, 1.807) is 42.3 Å². The summed E-state index contributed by atoms with van der Waals surface area (Å²) in [5.41, 5.74) is 1.04. The van der Waals surface area contributed by atoms with Crippen molar-refractivity contribution in [3.63, 3.8) is 0 Å². The normalized spacial score (nSPS) is 9.70. The number of benzene rings is 1. The number of nitrogens with zero attached hydrogens (tertiary/aromatic N) is 3. The van der Waals surface area contributed by atoms with Gasteiger partial charge in [-0.15, -0.1) is 0 Å². The highest BCUT2D eigenvalue weighted by molar-refractivity contribution is 5.96. The number of aliphatic hydroxyl groups excluding tert-OH is 1. The number of nitrogens with one attached hydrogen (secondary N) is 1. The molecule has 6 nitrogen and oxygen atoms in total. The number of aryl methyl sites for hydroxylation is 1. The Kier molecular flexibility index (Phi) is 4.47. The summed E-state index contributed by atoms with van der Waals surface area (Å²) in [7, 11) is 1.76. The van der Waals surface area contributed by atoms with Crippen molar-refractivity contribution in [2.24, 2.45) is 7.05 Å². The standard InChI is InChI=1S/C14H14N4O2/c1-18-10-16-13(17-18)9-15-14(20)12-7-3-2-5-11(12)6-4-8-19/h2-3,5,7,10,19H,8-9H2,1H3,(H,15,20). The molecule has 1 amide bonds. The van der Waals surface area contributed by atoms with Crippen molar-refractivity contribution in [3.05, 3.63) is 47.5 Å². The van der Waals surface area contributed by atoms with E-state index in [9.17, 15) is 4.79 Å². The van der Waals surface area contributed by atoms with Crippen molar-refractivity contribution in [2.45, 2.75) is 6.54 Å². The van der Waals surface area contributed by atoms with E-state index in [0.717, 1.165) is 0 Å². The number of hydrogen-bond donors (Lipinski definition) is 2. The molecule has 0 fully saturated rings. The predicted molar refractivity (Wildman–Crippen MR) is 72.6 cm³/mol. The highest BCUT2D eigenvalue weighted by Gasteiger charge is 2.10. The lowest BCUT2D eigenvalue weighted by molar-refractivity contribution is 0.0949. The molecule has 0 aliphatic carbocycles. The highest BCUT2D eigenvalue weighted by Crippen LogP contribution is 2.07. The number of rotatable bonds is 3. The molecule has 2 rings (SSSR count). The molecular weight excluding hydrogens is 256 g/mol. The lowest BCUT2D eigenvalue weighted by atomic mass is 10.1. The van der Waals surface area contributed by atoms with Crippen LogP contribution in [0.15, 0.2) is 30.6 Å². The summed E-state index contributed by atoms with van der Waals surface area (Å²) >= 11 is 0. The quantitative estimate of drug-likeness (QED) is 0.775. The molecule has 2 aromatic rings. The maximum Gasteiger partial charge on any atom is 0.252 e. The third kappa shape index (κ3) is 3.43. The van der Waals surface area contributed by atoms with E-state index < -0.39 is 0 Å². The van der Waals surface area contributed by atoms with Crippen LogP contribution in [0.1, 0.15) is 21.7 Å². The van der Waals surface area contributed by atoms with E-state index in [2.05, 4.69) is 27.2 Å². The third-order valence-electron chi connectivity index (χ3n) is 2.53. The van der Waals surface area contributed by atoms with Gasteiger partial charge < -0.3 is 10.4 Å². The maximum atomic E-state index is 12.1. The van der Waals surface area contributed by atoms with Gasteiger partial charge in [-0.3, -0.25) is 9.48 Å². The topological polar surface area (TPSA) is 80.0 Å². The van der Waals surface area contributed by atoms with Gasteiger partial charge in [-0.2, -0.15) is 5.10 Å². The summed E-state index contributed by atoms with van der Waals surface area (Å²) in [4.78, 5) is 16.1. The first-order valence-corrected chi connectivity index (χ1v) is 6.02. The SMILES string of the molecule is Cn1cnc(CNC(=O)c2ccccc2C#CCO)n1. The smallest absolute Gasteiger partial charge is 0.252 e. The van der Waals surface area contributed by atoms with Crippen LogP contribution in [-0.2, 0) is 13.6 Å². The molecule has 0 unspecified atom stereocenters. The second-order valence-corrected chi connectivity index (χ2v) is 4.02. The lowest BCUT2D eigenvalue weighted by Gasteiger charge is -2.05. The molecule has 0 bridgehead atoms. The van der Waals surface area contributed by atoms with E-state index in [1.807, 2.05) is 0 Å². The first-order valence-electron chi connectivity index (χ1n) is 6.02.